The van der Waals surface area contributed by atoms with Crippen molar-refractivity contribution in [3.63, 3.8) is 0 Å². The zero-order valence-electron chi connectivity index (χ0n) is 11.3. The lowest BCUT2D eigenvalue weighted by Crippen LogP contribution is -2.33. The smallest absolute Gasteiger partial charge is 0.292 e. The molecule has 1 rings (SSSR count). The largest absolute Gasteiger partial charge is 0.463 e. The molecule has 0 fully saturated rings. The minimum atomic E-state index is -0.496. The lowest BCUT2D eigenvalue weighted by Gasteiger charge is -2.10. The molecule has 0 aliphatic rings. The van der Waals surface area contributed by atoms with E-state index in [1.165, 1.54) is 25.3 Å². The highest BCUT2D eigenvalue weighted by Gasteiger charge is 2.10. The Labute approximate surface area is 117 Å². The first-order valence-electron chi connectivity index (χ1n) is 6.01. The van der Waals surface area contributed by atoms with Gasteiger partial charge in [0.25, 0.3) is 11.9 Å². The number of amidine groups is 1. The van der Waals surface area contributed by atoms with Gasteiger partial charge in [0.05, 0.1) is 13.2 Å². The summed E-state index contributed by atoms with van der Waals surface area (Å²) >= 11 is 0. The summed E-state index contributed by atoms with van der Waals surface area (Å²) in [7, 11) is 1.54. The zero-order valence-corrected chi connectivity index (χ0v) is 11.3. The van der Waals surface area contributed by atoms with Crippen molar-refractivity contribution >= 4 is 11.9 Å². The first-order valence-corrected chi connectivity index (χ1v) is 6.01. The highest BCUT2D eigenvalue weighted by molar-refractivity contribution is 6.04. The van der Waals surface area contributed by atoms with Crippen LogP contribution in [0.3, 0.4) is 0 Å². The van der Waals surface area contributed by atoms with E-state index in [4.69, 9.17) is 9.47 Å². The molecule has 0 saturated heterocycles. The molecule has 1 aromatic rings. The molecule has 1 amide bonds. The molecule has 0 aliphatic heterocycles. The van der Waals surface area contributed by atoms with Crippen LogP contribution in [0.15, 0.2) is 41.9 Å². The highest BCUT2D eigenvalue weighted by Crippen LogP contribution is 2.03. The van der Waals surface area contributed by atoms with Crippen molar-refractivity contribution in [2.24, 2.45) is 4.99 Å². The molecule has 0 atom stereocenters. The third-order valence-electron chi connectivity index (χ3n) is 2.20. The number of carbonyl (C=O) groups is 1. The van der Waals surface area contributed by atoms with Crippen molar-refractivity contribution < 1.29 is 18.7 Å². The number of methoxy groups -OCH3 is 1. The third-order valence-corrected chi connectivity index (χ3v) is 2.20. The number of aliphatic imine (C=N–C) groups is 1. The van der Waals surface area contributed by atoms with E-state index in [-0.39, 0.29) is 18.2 Å². The molecule has 6 heteroatoms. The molecule has 0 aromatic heterocycles. The second-order valence-electron chi connectivity index (χ2n) is 3.74. The fraction of sp³-hybridized carbons (Fsp3) is 0.286. The van der Waals surface area contributed by atoms with Crippen molar-refractivity contribution in [2.75, 3.05) is 26.9 Å². The third kappa shape index (κ3) is 5.62. The standard InChI is InChI=1S/C14H17FN2O3/c1-3-7-16-14(20-9-8-19-2)17-13(18)11-5-4-6-12(15)10-11/h3-6,10H,1,7-9H2,2H3,(H,16,17,18). The number of hydrogen-bond donors (Lipinski definition) is 1. The summed E-state index contributed by atoms with van der Waals surface area (Å²) < 4.78 is 23.1. The summed E-state index contributed by atoms with van der Waals surface area (Å²) in [5.74, 6) is -0.979. The van der Waals surface area contributed by atoms with E-state index in [0.717, 1.165) is 6.07 Å². The van der Waals surface area contributed by atoms with Crippen LogP contribution in [-0.4, -0.2) is 38.8 Å². The van der Waals surface area contributed by atoms with Crippen molar-refractivity contribution in [3.8, 4) is 0 Å². The molecule has 0 aliphatic carbocycles. The molecule has 0 unspecified atom stereocenters. The van der Waals surface area contributed by atoms with Gasteiger partial charge in [-0.25, -0.2) is 9.38 Å². The minimum Gasteiger partial charge on any atom is -0.463 e. The Morgan fingerprint density at radius 3 is 2.95 bits per heavy atom. The van der Waals surface area contributed by atoms with E-state index < -0.39 is 11.7 Å². The van der Waals surface area contributed by atoms with Gasteiger partial charge in [-0.3, -0.25) is 10.1 Å². The average Bonchev–Trinajstić information content (AvgIpc) is 2.44. The first kappa shape index (κ1) is 15.8. The molecule has 108 valence electrons. The van der Waals surface area contributed by atoms with Gasteiger partial charge in [-0.15, -0.1) is 6.58 Å². The Bertz CT molecular complexity index is 489. The molecule has 1 aromatic carbocycles. The fourth-order valence-electron chi connectivity index (χ4n) is 1.29. The Hall–Kier alpha value is -2.21. The number of benzene rings is 1. The Morgan fingerprint density at radius 1 is 1.50 bits per heavy atom. The van der Waals surface area contributed by atoms with Gasteiger partial charge in [-0.1, -0.05) is 12.1 Å². The van der Waals surface area contributed by atoms with Gasteiger partial charge in [0.2, 0.25) is 0 Å². The van der Waals surface area contributed by atoms with Crippen LogP contribution in [0.25, 0.3) is 0 Å². The second kappa shape index (κ2) is 8.82. The van der Waals surface area contributed by atoms with Crippen molar-refractivity contribution in [2.45, 2.75) is 0 Å². The maximum atomic E-state index is 13.0. The quantitative estimate of drug-likeness (QED) is 0.374. The zero-order chi connectivity index (χ0) is 14.8. The lowest BCUT2D eigenvalue weighted by molar-refractivity contribution is 0.0953. The molecular formula is C14H17FN2O3. The molecule has 5 nitrogen and oxygen atoms in total. The van der Waals surface area contributed by atoms with Gasteiger partial charge >= 0.3 is 0 Å². The number of rotatable bonds is 6. The molecule has 0 spiro atoms. The number of carbonyl (C=O) groups excluding carboxylic acids is 1. The molecular weight excluding hydrogens is 263 g/mol. The van der Waals surface area contributed by atoms with Gasteiger partial charge in [0.15, 0.2) is 0 Å². The van der Waals surface area contributed by atoms with E-state index in [2.05, 4.69) is 16.9 Å². The van der Waals surface area contributed by atoms with E-state index >= 15 is 0 Å². The van der Waals surface area contributed by atoms with Crippen LogP contribution in [0, 0.1) is 5.82 Å². The van der Waals surface area contributed by atoms with Crippen LogP contribution < -0.4 is 5.32 Å². The summed E-state index contributed by atoms with van der Waals surface area (Å²) in [5, 5.41) is 2.47. The summed E-state index contributed by atoms with van der Waals surface area (Å²) in [6, 6.07) is 5.40. The van der Waals surface area contributed by atoms with E-state index in [1.54, 1.807) is 6.08 Å². The van der Waals surface area contributed by atoms with Crippen LogP contribution in [0.5, 0.6) is 0 Å². The predicted octanol–water partition coefficient (Wildman–Crippen LogP) is 1.76. The summed E-state index contributed by atoms with van der Waals surface area (Å²) in [4.78, 5) is 15.9. The lowest BCUT2D eigenvalue weighted by atomic mass is 10.2. The molecule has 0 bridgehead atoms. The number of halogens is 1. The Kier molecular flexibility index (Phi) is 6.99. The molecule has 20 heavy (non-hydrogen) atoms. The van der Waals surface area contributed by atoms with Gasteiger partial charge in [-0.05, 0) is 18.2 Å². The van der Waals surface area contributed by atoms with Crippen LogP contribution in [0.4, 0.5) is 4.39 Å². The van der Waals surface area contributed by atoms with Gasteiger partial charge in [0.1, 0.15) is 12.4 Å². The minimum absolute atomic E-state index is 0.0520. The molecule has 0 heterocycles. The van der Waals surface area contributed by atoms with E-state index in [1.807, 2.05) is 0 Å². The van der Waals surface area contributed by atoms with Crippen molar-refractivity contribution in [1.29, 1.82) is 0 Å². The second-order valence-corrected chi connectivity index (χ2v) is 3.74. The normalized spacial score (nSPS) is 11.0. The molecule has 0 radical (unpaired) electrons. The van der Waals surface area contributed by atoms with Crippen LogP contribution in [0.1, 0.15) is 10.4 Å². The predicted molar refractivity (Wildman–Crippen MR) is 74.2 cm³/mol. The average molecular weight is 280 g/mol. The Morgan fingerprint density at radius 2 is 2.30 bits per heavy atom. The van der Waals surface area contributed by atoms with E-state index in [9.17, 15) is 9.18 Å². The fourth-order valence-corrected chi connectivity index (χ4v) is 1.29. The Balaban J connectivity index is 2.68. The van der Waals surface area contributed by atoms with Gasteiger partial charge < -0.3 is 9.47 Å². The molecule has 1 N–H and O–H groups in total. The van der Waals surface area contributed by atoms with Crippen LogP contribution in [0.2, 0.25) is 0 Å². The molecule has 0 saturated carbocycles. The van der Waals surface area contributed by atoms with E-state index in [0.29, 0.717) is 13.2 Å². The summed E-state index contributed by atoms with van der Waals surface area (Å²) in [5.41, 5.74) is 0.187. The SMILES string of the molecule is C=CCN=C(NC(=O)c1cccc(F)c1)OCCOC. The topological polar surface area (TPSA) is 59.9 Å². The first-order chi connectivity index (χ1) is 9.67. The number of nitrogens with zero attached hydrogens (tertiary/aromatic N) is 1. The number of hydrogen-bond acceptors (Lipinski definition) is 4. The number of nitrogens with one attached hydrogen (secondary N) is 1. The summed E-state index contributed by atoms with van der Waals surface area (Å²) in [6.07, 6.45) is 1.56. The van der Waals surface area contributed by atoms with Crippen molar-refractivity contribution in [1.82, 2.24) is 5.32 Å². The number of ether oxygens (including phenoxy) is 2. The monoisotopic (exact) mass is 280 g/mol. The van der Waals surface area contributed by atoms with Gasteiger partial charge in [0, 0.05) is 12.7 Å². The maximum absolute atomic E-state index is 13.0. The summed E-state index contributed by atoms with van der Waals surface area (Å²) in [6.45, 7) is 4.44. The maximum Gasteiger partial charge on any atom is 0.292 e. The van der Waals surface area contributed by atoms with Crippen LogP contribution in [-0.2, 0) is 9.47 Å². The van der Waals surface area contributed by atoms with Gasteiger partial charge in [-0.2, -0.15) is 0 Å². The van der Waals surface area contributed by atoms with Crippen molar-refractivity contribution in [3.05, 3.63) is 48.3 Å². The highest BCUT2D eigenvalue weighted by atomic mass is 19.1. The number of amides is 1. The van der Waals surface area contributed by atoms with Crippen LogP contribution >= 0.6 is 0 Å².